The van der Waals surface area contributed by atoms with E-state index in [2.05, 4.69) is 52.8 Å². The summed E-state index contributed by atoms with van der Waals surface area (Å²) < 4.78 is 5.38. The minimum atomic E-state index is 0.858. The number of guanidine groups is 1. The molecule has 1 fully saturated rings. The second-order valence-corrected chi connectivity index (χ2v) is 6.44. The molecule has 1 aromatic rings. The van der Waals surface area contributed by atoms with Crippen LogP contribution in [0.4, 0.5) is 0 Å². The van der Waals surface area contributed by atoms with Gasteiger partial charge in [0.15, 0.2) is 5.96 Å². The zero-order valence-corrected chi connectivity index (χ0v) is 15.7. The van der Waals surface area contributed by atoms with Crippen molar-refractivity contribution < 1.29 is 4.74 Å². The normalized spacial score (nSPS) is 16.0. The van der Waals surface area contributed by atoms with E-state index in [0.29, 0.717) is 0 Å². The minimum absolute atomic E-state index is 0.858. The molecule has 1 heterocycles. The Hall–Kier alpha value is -1.59. The van der Waals surface area contributed by atoms with Crippen LogP contribution in [-0.4, -0.2) is 63.3 Å². The fraction of sp³-hybridized carbons (Fsp3) is 0.650. The van der Waals surface area contributed by atoms with Crippen molar-refractivity contribution in [3.05, 3.63) is 35.9 Å². The molecule has 5 nitrogen and oxygen atoms in total. The van der Waals surface area contributed by atoms with E-state index in [1.165, 1.54) is 24.8 Å². The van der Waals surface area contributed by atoms with Crippen LogP contribution in [0.15, 0.2) is 35.3 Å². The van der Waals surface area contributed by atoms with Crippen molar-refractivity contribution in [2.45, 2.75) is 32.6 Å². The van der Waals surface area contributed by atoms with Crippen molar-refractivity contribution >= 4 is 5.96 Å². The Labute approximate surface area is 152 Å². The number of hydrogen-bond donors (Lipinski definition) is 2. The van der Waals surface area contributed by atoms with Gasteiger partial charge in [-0.15, -0.1) is 0 Å². The van der Waals surface area contributed by atoms with Gasteiger partial charge in [0.25, 0.3) is 0 Å². The summed E-state index contributed by atoms with van der Waals surface area (Å²) in [5.74, 6) is 0.943. The summed E-state index contributed by atoms with van der Waals surface area (Å²) in [5, 5.41) is 6.77. The van der Waals surface area contributed by atoms with Gasteiger partial charge < -0.3 is 15.4 Å². The molecule has 1 aliphatic heterocycles. The van der Waals surface area contributed by atoms with Gasteiger partial charge in [-0.2, -0.15) is 0 Å². The maximum atomic E-state index is 5.38. The monoisotopic (exact) mass is 346 g/mol. The van der Waals surface area contributed by atoms with Crippen LogP contribution in [-0.2, 0) is 11.2 Å². The highest BCUT2D eigenvalue weighted by atomic mass is 16.5. The number of nitrogens with one attached hydrogen (secondary N) is 2. The maximum Gasteiger partial charge on any atom is 0.191 e. The van der Waals surface area contributed by atoms with Gasteiger partial charge in [0.05, 0.1) is 13.2 Å². The van der Waals surface area contributed by atoms with Crippen LogP contribution in [0.3, 0.4) is 0 Å². The number of unbranched alkanes of at least 4 members (excludes halogenated alkanes) is 2. The van der Waals surface area contributed by atoms with Crippen LogP contribution in [0.2, 0.25) is 0 Å². The van der Waals surface area contributed by atoms with Crippen molar-refractivity contribution in [2.24, 2.45) is 4.99 Å². The molecule has 0 aliphatic carbocycles. The Bertz CT molecular complexity index is 472. The van der Waals surface area contributed by atoms with Crippen molar-refractivity contribution in [1.29, 1.82) is 0 Å². The molecule has 0 unspecified atom stereocenters. The minimum Gasteiger partial charge on any atom is -0.379 e. The van der Waals surface area contributed by atoms with Gasteiger partial charge in [-0.1, -0.05) is 36.8 Å². The van der Waals surface area contributed by atoms with Gasteiger partial charge in [-0.25, -0.2) is 0 Å². The Morgan fingerprint density at radius 1 is 1.08 bits per heavy atom. The van der Waals surface area contributed by atoms with E-state index in [1.54, 1.807) is 0 Å². The molecule has 2 rings (SSSR count). The third-order valence-electron chi connectivity index (χ3n) is 4.40. The van der Waals surface area contributed by atoms with E-state index < -0.39 is 0 Å². The molecule has 140 valence electrons. The first-order chi connectivity index (χ1) is 12.4. The molecule has 0 bridgehead atoms. The smallest absolute Gasteiger partial charge is 0.191 e. The molecule has 0 aromatic heterocycles. The molecule has 0 saturated carbocycles. The second kappa shape index (κ2) is 12.7. The average Bonchev–Trinajstić information content (AvgIpc) is 2.66. The van der Waals surface area contributed by atoms with Crippen LogP contribution in [0.25, 0.3) is 0 Å². The molecule has 1 saturated heterocycles. The Morgan fingerprint density at radius 2 is 1.88 bits per heavy atom. The SMILES string of the molecule is CCNC(=NCCCCCc1ccccc1)NCCN1CCOCC1. The molecule has 25 heavy (non-hydrogen) atoms. The standard InChI is InChI=1S/C20H34N4O/c1-2-21-20(23-13-14-24-15-17-25-18-16-24)22-12-8-4-7-11-19-9-5-3-6-10-19/h3,5-6,9-10H,2,4,7-8,11-18H2,1H3,(H2,21,22,23). The van der Waals surface area contributed by atoms with E-state index in [-0.39, 0.29) is 0 Å². The van der Waals surface area contributed by atoms with Crippen LogP contribution >= 0.6 is 0 Å². The Morgan fingerprint density at radius 3 is 2.64 bits per heavy atom. The number of hydrogen-bond acceptors (Lipinski definition) is 3. The highest BCUT2D eigenvalue weighted by Crippen LogP contribution is 2.06. The molecule has 0 atom stereocenters. The molecule has 0 amide bonds. The highest BCUT2D eigenvalue weighted by Gasteiger charge is 2.09. The summed E-state index contributed by atoms with van der Waals surface area (Å²) in [5.41, 5.74) is 1.43. The van der Waals surface area contributed by atoms with Gasteiger partial charge in [-0.3, -0.25) is 9.89 Å². The van der Waals surface area contributed by atoms with Crippen LogP contribution < -0.4 is 10.6 Å². The van der Waals surface area contributed by atoms with Crippen molar-refractivity contribution in [3.8, 4) is 0 Å². The van der Waals surface area contributed by atoms with E-state index in [0.717, 1.165) is 64.9 Å². The molecule has 5 heteroatoms. The topological polar surface area (TPSA) is 48.9 Å². The van der Waals surface area contributed by atoms with E-state index >= 15 is 0 Å². The molecular weight excluding hydrogens is 312 g/mol. The Balaban J connectivity index is 1.56. The summed E-state index contributed by atoms with van der Waals surface area (Å²) >= 11 is 0. The number of benzene rings is 1. The summed E-state index contributed by atoms with van der Waals surface area (Å²) in [6.07, 6.45) is 4.78. The predicted octanol–water partition coefficient (Wildman–Crippen LogP) is 2.29. The third kappa shape index (κ3) is 8.89. The van der Waals surface area contributed by atoms with Gasteiger partial charge in [0.2, 0.25) is 0 Å². The second-order valence-electron chi connectivity index (χ2n) is 6.44. The number of rotatable bonds is 10. The summed E-state index contributed by atoms with van der Waals surface area (Å²) in [6.45, 7) is 9.67. The van der Waals surface area contributed by atoms with Gasteiger partial charge in [0, 0.05) is 39.3 Å². The first-order valence-electron chi connectivity index (χ1n) is 9.74. The number of ether oxygens (including phenoxy) is 1. The lowest BCUT2D eigenvalue weighted by Crippen LogP contribution is -2.44. The van der Waals surface area contributed by atoms with Crippen molar-refractivity contribution in [3.63, 3.8) is 0 Å². The lowest BCUT2D eigenvalue weighted by Gasteiger charge is -2.26. The molecule has 0 spiro atoms. The van der Waals surface area contributed by atoms with Crippen molar-refractivity contribution in [2.75, 3.05) is 52.5 Å². The Kier molecular flexibility index (Phi) is 10.0. The fourth-order valence-corrected chi connectivity index (χ4v) is 2.95. The molecule has 1 aromatic carbocycles. The van der Waals surface area contributed by atoms with E-state index in [1.807, 2.05) is 0 Å². The zero-order chi connectivity index (χ0) is 17.6. The van der Waals surface area contributed by atoms with Gasteiger partial charge in [0.1, 0.15) is 0 Å². The summed E-state index contributed by atoms with van der Waals surface area (Å²) in [6, 6.07) is 10.7. The zero-order valence-electron chi connectivity index (χ0n) is 15.7. The number of aliphatic imine (C=N–C) groups is 1. The number of nitrogens with zero attached hydrogens (tertiary/aromatic N) is 2. The highest BCUT2D eigenvalue weighted by molar-refractivity contribution is 5.79. The largest absolute Gasteiger partial charge is 0.379 e. The lowest BCUT2D eigenvalue weighted by atomic mass is 10.1. The van der Waals surface area contributed by atoms with Crippen LogP contribution in [0, 0.1) is 0 Å². The first-order valence-corrected chi connectivity index (χ1v) is 9.74. The van der Waals surface area contributed by atoms with Gasteiger partial charge >= 0.3 is 0 Å². The molecule has 2 N–H and O–H groups in total. The van der Waals surface area contributed by atoms with Crippen molar-refractivity contribution in [1.82, 2.24) is 15.5 Å². The van der Waals surface area contributed by atoms with E-state index in [4.69, 9.17) is 9.73 Å². The lowest BCUT2D eigenvalue weighted by molar-refractivity contribution is 0.0389. The molecule has 1 aliphatic rings. The maximum absolute atomic E-state index is 5.38. The number of aryl methyl sites for hydroxylation is 1. The molecular formula is C20H34N4O. The summed E-state index contributed by atoms with van der Waals surface area (Å²) in [7, 11) is 0. The van der Waals surface area contributed by atoms with Crippen LogP contribution in [0.5, 0.6) is 0 Å². The van der Waals surface area contributed by atoms with E-state index in [9.17, 15) is 0 Å². The van der Waals surface area contributed by atoms with Crippen LogP contribution in [0.1, 0.15) is 31.7 Å². The number of morpholine rings is 1. The quantitative estimate of drug-likeness (QED) is 0.388. The van der Waals surface area contributed by atoms with Gasteiger partial charge in [-0.05, 0) is 31.7 Å². The first kappa shape index (κ1) is 19.7. The fourth-order valence-electron chi connectivity index (χ4n) is 2.95. The third-order valence-corrected chi connectivity index (χ3v) is 4.40. The average molecular weight is 347 g/mol. The molecule has 0 radical (unpaired) electrons. The predicted molar refractivity (Wildman–Crippen MR) is 105 cm³/mol. The summed E-state index contributed by atoms with van der Waals surface area (Å²) in [4.78, 5) is 7.13.